The van der Waals surface area contributed by atoms with E-state index >= 15 is 0 Å². The zero-order valence-electron chi connectivity index (χ0n) is 13.9. The van der Waals surface area contributed by atoms with Crippen molar-refractivity contribution in [1.29, 1.82) is 5.26 Å². The highest BCUT2D eigenvalue weighted by Crippen LogP contribution is 2.32. The predicted octanol–water partition coefficient (Wildman–Crippen LogP) is 3.75. The number of amidine groups is 1. The summed E-state index contributed by atoms with van der Waals surface area (Å²) in [5.41, 5.74) is 2.99. The fraction of sp³-hybridized carbons (Fsp3) is 0.211. The van der Waals surface area contributed by atoms with Crippen LogP contribution in [0.15, 0.2) is 53.5 Å². The average Bonchev–Trinajstić information content (AvgIpc) is 2.97. The van der Waals surface area contributed by atoms with E-state index in [1.54, 1.807) is 11.0 Å². The first-order chi connectivity index (χ1) is 12.2. The molecule has 1 amide bonds. The zero-order valence-corrected chi connectivity index (χ0v) is 14.7. The second kappa shape index (κ2) is 7.86. The Bertz CT molecular complexity index is 842. The molecule has 6 heteroatoms. The number of nitriles is 1. The van der Waals surface area contributed by atoms with Gasteiger partial charge in [0.15, 0.2) is 5.17 Å². The number of para-hydroxylation sites is 1. The molecule has 1 aliphatic heterocycles. The van der Waals surface area contributed by atoms with Crippen LogP contribution in [0.1, 0.15) is 18.1 Å². The molecule has 2 aromatic carbocycles. The molecule has 5 nitrogen and oxygen atoms in total. The number of amides is 1. The number of carbonyl (C=O) groups excluding carboxylic acids is 1. The van der Waals surface area contributed by atoms with Crippen LogP contribution in [0.4, 0.5) is 11.4 Å². The summed E-state index contributed by atoms with van der Waals surface area (Å²) in [4.78, 5) is 18.7. The largest absolute Gasteiger partial charge is 0.383 e. The maximum atomic E-state index is 12.3. The third-order valence-corrected chi connectivity index (χ3v) is 4.73. The van der Waals surface area contributed by atoms with E-state index in [4.69, 9.17) is 0 Å². The molecule has 0 unspecified atom stereocenters. The molecule has 126 valence electrons. The fourth-order valence-electron chi connectivity index (χ4n) is 2.60. The number of hydrogen-bond acceptors (Lipinski definition) is 5. The van der Waals surface area contributed by atoms with Gasteiger partial charge in [-0.3, -0.25) is 9.69 Å². The lowest BCUT2D eigenvalue weighted by Crippen LogP contribution is -2.28. The van der Waals surface area contributed by atoms with Gasteiger partial charge in [0, 0.05) is 6.54 Å². The molecule has 0 spiro atoms. The number of carbonyl (C=O) groups is 1. The number of rotatable bonds is 5. The van der Waals surface area contributed by atoms with Crippen molar-refractivity contribution in [2.45, 2.75) is 13.5 Å². The first kappa shape index (κ1) is 17.1. The Morgan fingerprint density at radius 2 is 2.04 bits per heavy atom. The van der Waals surface area contributed by atoms with Crippen LogP contribution in [0.5, 0.6) is 0 Å². The minimum absolute atomic E-state index is 0.0500. The van der Waals surface area contributed by atoms with Crippen LogP contribution in [-0.4, -0.2) is 28.3 Å². The highest BCUT2D eigenvalue weighted by molar-refractivity contribution is 8.15. The van der Waals surface area contributed by atoms with Gasteiger partial charge in [0.2, 0.25) is 5.91 Å². The minimum Gasteiger partial charge on any atom is -0.383 e. The highest BCUT2D eigenvalue weighted by atomic mass is 32.2. The van der Waals surface area contributed by atoms with E-state index in [1.165, 1.54) is 11.8 Å². The van der Waals surface area contributed by atoms with Crippen LogP contribution in [-0.2, 0) is 11.3 Å². The van der Waals surface area contributed by atoms with Crippen molar-refractivity contribution in [2.75, 3.05) is 17.6 Å². The topological polar surface area (TPSA) is 68.5 Å². The molecule has 0 aromatic heterocycles. The van der Waals surface area contributed by atoms with Gasteiger partial charge in [-0.1, -0.05) is 48.2 Å². The van der Waals surface area contributed by atoms with Crippen LogP contribution < -0.4 is 5.32 Å². The lowest BCUT2D eigenvalue weighted by molar-refractivity contribution is -0.124. The van der Waals surface area contributed by atoms with Crippen molar-refractivity contribution < 1.29 is 4.79 Å². The lowest BCUT2D eigenvalue weighted by Gasteiger charge is -2.17. The van der Waals surface area contributed by atoms with Gasteiger partial charge in [0.25, 0.3) is 0 Å². The molecule has 0 bridgehead atoms. The summed E-state index contributed by atoms with van der Waals surface area (Å²) >= 11 is 1.43. The monoisotopic (exact) mass is 350 g/mol. The smallest absolute Gasteiger partial charge is 0.239 e. The van der Waals surface area contributed by atoms with Crippen molar-refractivity contribution in [2.24, 2.45) is 4.99 Å². The molecule has 0 saturated carbocycles. The third-order valence-electron chi connectivity index (χ3n) is 3.77. The van der Waals surface area contributed by atoms with Gasteiger partial charge in [-0.05, 0) is 24.6 Å². The normalized spacial score (nSPS) is 15.4. The van der Waals surface area contributed by atoms with E-state index in [0.717, 1.165) is 5.56 Å². The number of nitrogens with zero attached hydrogens (tertiary/aromatic N) is 3. The summed E-state index contributed by atoms with van der Waals surface area (Å²) in [6, 6.07) is 17.5. The second-order valence-corrected chi connectivity index (χ2v) is 6.43. The molecule has 1 saturated heterocycles. The molecule has 3 rings (SSSR count). The van der Waals surface area contributed by atoms with Gasteiger partial charge < -0.3 is 5.32 Å². The van der Waals surface area contributed by atoms with E-state index in [1.807, 2.05) is 49.4 Å². The van der Waals surface area contributed by atoms with Crippen molar-refractivity contribution in [3.8, 4) is 6.07 Å². The molecule has 0 atom stereocenters. The first-order valence-electron chi connectivity index (χ1n) is 8.05. The maximum absolute atomic E-state index is 12.3. The molecule has 1 N–H and O–H groups in total. The molecule has 0 aliphatic carbocycles. The molecule has 0 radical (unpaired) electrons. The summed E-state index contributed by atoms with van der Waals surface area (Å²) in [6.45, 7) is 3.16. The molecular weight excluding hydrogens is 332 g/mol. The first-order valence-corrected chi connectivity index (χ1v) is 9.04. The van der Waals surface area contributed by atoms with Gasteiger partial charge in [0.05, 0.1) is 29.2 Å². The summed E-state index contributed by atoms with van der Waals surface area (Å²) in [6.07, 6.45) is 0. The molecule has 1 heterocycles. The summed E-state index contributed by atoms with van der Waals surface area (Å²) in [5.74, 6) is 0.439. The van der Waals surface area contributed by atoms with Crippen LogP contribution in [0.2, 0.25) is 0 Å². The van der Waals surface area contributed by atoms with Crippen molar-refractivity contribution in [3.63, 3.8) is 0 Å². The van der Waals surface area contributed by atoms with E-state index in [0.29, 0.717) is 40.9 Å². The zero-order chi connectivity index (χ0) is 17.6. The van der Waals surface area contributed by atoms with E-state index in [-0.39, 0.29) is 5.91 Å². The SMILES string of the molecule is CCNc1c(C#N)cccc1/N=C1\SCC(=O)N1Cc1ccccc1. The van der Waals surface area contributed by atoms with Crippen LogP contribution >= 0.6 is 11.8 Å². The van der Waals surface area contributed by atoms with Gasteiger partial charge in [-0.2, -0.15) is 5.26 Å². The van der Waals surface area contributed by atoms with Gasteiger partial charge in [-0.15, -0.1) is 0 Å². The highest BCUT2D eigenvalue weighted by Gasteiger charge is 2.28. The van der Waals surface area contributed by atoms with Gasteiger partial charge in [-0.25, -0.2) is 4.99 Å². The molecular formula is C19H18N4OS. The Kier molecular flexibility index (Phi) is 5.36. The van der Waals surface area contributed by atoms with Crippen LogP contribution in [0.25, 0.3) is 0 Å². The number of anilines is 1. The Balaban J connectivity index is 1.94. The quantitative estimate of drug-likeness (QED) is 0.891. The van der Waals surface area contributed by atoms with Gasteiger partial charge in [0.1, 0.15) is 6.07 Å². The maximum Gasteiger partial charge on any atom is 0.239 e. The number of nitrogens with one attached hydrogen (secondary N) is 1. The summed E-state index contributed by atoms with van der Waals surface area (Å²) in [5, 5.41) is 13.2. The van der Waals surface area contributed by atoms with Crippen molar-refractivity contribution >= 4 is 34.2 Å². The lowest BCUT2D eigenvalue weighted by atomic mass is 10.1. The number of hydrogen-bond donors (Lipinski definition) is 1. The molecule has 25 heavy (non-hydrogen) atoms. The van der Waals surface area contributed by atoms with Crippen molar-refractivity contribution in [3.05, 3.63) is 59.7 Å². The standard InChI is InChI=1S/C19H18N4OS/c1-2-21-18-15(11-20)9-6-10-16(18)22-19-23(17(24)13-25-19)12-14-7-4-3-5-8-14/h3-10,21H,2,12-13H2,1H3/b22-19-. The second-order valence-electron chi connectivity index (χ2n) is 5.49. The predicted molar refractivity (Wildman–Crippen MR) is 102 cm³/mol. The average molecular weight is 350 g/mol. The molecule has 1 fully saturated rings. The minimum atomic E-state index is 0.0500. The summed E-state index contributed by atoms with van der Waals surface area (Å²) in [7, 11) is 0. The summed E-state index contributed by atoms with van der Waals surface area (Å²) < 4.78 is 0. The third kappa shape index (κ3) is 3.83. The Morgan fingerprint density at radius 1 is 1.24 bits per heavy atom. The van der Waals surface area contributed by atoms with Gasteiger partial charge >= 0.3 is 0 Å². The van der Waals surface area contributed by atoms with Crippen molar-refractivity contribution in [1.82, 2.24) is 4.90 Å². The number of benzene rings is 2. The van der Waals surface area contributed by atoms with E-state index < -0.39 is 0 Å². The Morgan fingerprint density at radius 3 is 2.76 bits per heavy atom. The Labute approximate surface area is 151 Å². The molecule has 2 aromatic rings. The van der Waals surface area contributed by atoms with E-state index in [9.17, 15) is 10.1 Å². The van der Waals surface area contributed by atoms with E-state index in [2.05, 4.69) is 16.4 Å². The molecule has 1 aliphatic rings. The fourth-order valence-corrected chi connectivity index (χ4v) is 3.49. The number of thioether (sulfide) groups is 1. The van der Waals surface area contributed by atoms with Crippen LogP contribution in [0.3, 0.4) is 0 Å². The van der Waals surface area contributed by atoms with Crippen LogP contribution in [0, 0.1) is 11.3 Å². The number of aliphatic imine (C=N–C) groups is 1. The Hall–Kier alpha value is -2.78.